The number of piperazine rings is 1. The molecule has 0 aliphatic carbocycles. The van der Waals surface area contributed by atoms with Gasteiger partial charge in [-0.3, -0.25) is 9.59 Å². The predicted octanol–water partition coefficient (Wildman–Crippen LogP) is 1.73. The average molecular weight is 495 g/mol. The maximum Gasteiger partial charge on any atom is 0.254 e. The number of anilines is 4. The second-order valence-electron chi connectivity index (χ2n) is 9.20. The Kier molecular flexibility index (Phi) is 7.99. The van der Waals surface area contributed by atoms with Crippen molar-refractivity contribution in [3.8, 4) is 0 Å². The van der Waals surface area contributed by atoms with E-state index in [0.717, 1.165) is 56.4 Å². The van der Waals surface area contributed by atoms with Gasteiger partial charge in [-0.25, -0.2) is 4.98 Å². The molecule has 11 heteroatoms. The van der Waals surface area contributed by atoms with Crippen LogP contribution in [0.1, 0.15) is 48.7 Å². The summed E-state index contributed by atoms with van der Waals surface area (Å²) in [5, 5.41) is 20.5. The van der Waals surface area contributed by atoms with Gasteiger partial charge in [0.25, 0.3) is 11.8 Å². The number of nitrogens with one attached hydrogen (secondary N) is 2. The molecule has 3 heterocycles. The third-order valence-electron chi connectivity index (χ3n) is 6.64. The van der Waals surface area contributed by atoms with Crippen molar-refractivity contribution in [3.05, 3.63) is 35.5 Å². The van der Waals surface area contributed by atoms with E-state index in [1.165, 1.54) is 6.92 Å². The van der Waals surface area contributed by atoms with Gasteiger partial charge in [0.05, 0.1) is 0 Å². The molecule has 2 aromatic rings. The van der Waals surface area contributed by atoms with Crippen molar-refractivity contribution in [1.29, 1.82) is 5.41 Å². The number of aliphatic hydroxyl groups excluding tert-OH is 1. The molecule has 5 N–H and O–H groups in total. The van der Waals surface area contributed by atoms with Crippen LogP contribution in [0.3, 0.4) is 0 Å². The summed E-state index contributed by atoms with van der Waals surface area (Å²) in [6.07, 6.45) is 4.48. The highest BCUT2D eigenvalue weighted by Crippen LogP contribution is 2.27. The van der Waals surface area contributed by atoms with Crippen LogP contribution in [0, 0.1) is 5.41 Å². The minimum Gasteiger partial charge on any atom is -0.384 e. The maximum absolute atomic E-state index is 12.2. The Bertz CT molecular complexity index is 1090. The zero-order valence-electron chi connectivity index (χ0n) is 20.6. The lowest BCUT2D eigenvalue weighted by Gasteiger charge is -2.36. The SMILES string of the molecule is CC(O)C(=O)N1CCN(c2ccc(Nc3nc(N4CCCCCC4)nc(C=N)c3C(N)=O)cc2)CC1. The van der Waals surface area contributed by atoms with Gasteiger partial charge in [-0.05, 0) is 44.0 Å². The van der Waals surface area contributed by atoms with Crippen molar-refractivity contribution in [3.63, 3.8) is 0 Å². The summed E-state index contributed by atoms with van der Waals surface area (Å²) in [5.41, 5.74) is 7.66. The number of amides is 2. The molecule has 11 nitrogen and oxygen atoms in total. The summed E-state index contributed by atoms with van der Waals surface area (Å²) in [7, 11) is 0. The quantitative estimate of drug-likeness (QED) is 0.425. The number of carbonyl (C=O) groups is 2. The molecule has 2 saturated heterocycles. The van der Waals surface area contributed by atoms with Crippen LogP contribution in [-0.4, -0.2) is 83.4 Å². The van der Waals surface area contributed by atoms with Gasteiger partial charge < -0.3 is 36.3 Å². The third-order valence-corrected chi connectivity index (χ3v) is 6.64. The van der Waals surface area contributed by atoms with Gasteiger partial charge in [0.1, 0.15) is 23.2 Å². The van der Waals surface area contributed by atoms with Gasteiger partial charge in [0.2, 0.25) is 5.95 Å². The number of rotatable bonds is 7. The fourth-order valence-electron chi connectivity index (χ4n) is 4.66. The van der Waals surface area contributed by atoms with E-state index in [1.54, 1.807) is 4.90 Å². The average Bonchev–Trinajstić information content (AvgIpc) is 3.18. The van der Waals surface area contributed by atoms with Crippen LogP contribution in [0.2, 0.25) is 0 Å². The molecule has 2 aliphatic heterocycles. The summed E-state index contributed by atoms with van der Waals surface area (Å²) in [6.45, 7) is 5.60. The molecule has 36 heavy (non-hydrogen) atoms. The summed E-state index contributed by atoms with van der Waals surface area (Å²) in [5.74, 6) is -0.162. The molecule has 192 valence electrons. The van der Waals surface area contributed by atoms with Crippen LogP contribution in [-0.2, 0) is 4.79 Å². The molecule has 0 bridgehead atoms. The second-order valence-corrected chi connectivity index (χ2v) is 9.20. The monoisotopic (exact) mass is 494 g/mol. The zero-order valence-corrected chi connectivity index (χ0v) is 20.6. The van der Waals surface area contributed by atoms with Crippen molar-refractivity contribution >= 4 is 41.2 Å². The molecule has 2 aliphatic rings. The van der Waals surface area contributed by atoms with E-state index in [4.69, 9.17) is 11.1 Å². The topological polar surface area (TPSA) is 152 Å². The summed E-state index contributed by atoms with van der Waals surface area (Å²) < 4.78 is 0. The lowest BCUT2D eigenvalue weighted by molar-refractivity contribution is -0.139. The molecule has 0 spiro atoms. The van der Waals surface area contributed by atoms with E-state index < -0.39 is 12.0 Å². The summed E-state index contributed by atoms with van der Waals surface area (Å²) in [4.78, 5) is 39.3. The number of benzene rings is 1. The first kappa shape index (κ1) is 25.4. The van der Waals surface area contributed by atoms with Crippen molar-refractivity contribution in [1.82, 2.24) is 14.9 Å². The Morgan fingerprint density at radius 1 is 1.00 bits per heavy atom. The second kappa shape index (κ2) is 11.3. The molecule has 1 atom stereocenters. The van der Waals surface area contributed by atoms with E-state index in [0.29, 0.717) is 32.1 Å². The van der Waals surface area contributed by atoms with E-state index in [2.05, 4.69) is 25.1 Å². The first-order valence-corrected chi connectivity index (χ1v) is 12.4. The van der Waals surface area contributed by atoms with Crippen molar-refractivity contribution in [2.24, 2.45) is 5.73 Å². The fourth-order valence-corrected chi connectivity index (χ4v) is 4.66. The number of primary amides is 1. The number of nitrogens with two attached hydrogens (primary N) is 1. The Labute approximate surface area is 210 Å². The first-order chi connectivity index (χ1) is 17.4. The largest absolute Gasteiger partial charge is 0.384 e. The molecule has 1 aromatic heterocycles. The first-order valence-electron chi connectivity index (χ1n) is 12.4. The molecule has 2 amide bonds. The Balaban J connectivity index is 1.52. The highest BCUT2D eigenvalue weighted by molar-refractivity contribution is 6.04. The third kappa shape index (κ3) is 5.73. The smallest absolute Gasteiger partial charge is 0.254 e. The molecular weight excluding hydrogens is 460 g/mol. The molecular formula is C25H34N8O3. The normalized spacial score (nSPS) is 17.3. The summed E-state index contributed by atoms with van der Waals surface area (Å²) >= 11 is 0. The van der Waals surface area contributed by atoms with Crippen LogP contribution in [0.5, 0.6) is 0 Å². The van der Waals surface area contributed by atoms with Crippen LogP contribution in [0.15, 0.2) is 24.3 Å². The van der Waals surface area contributed by atoms with Gasteiger partial charge in [0, 0.05) is 56.9 Å². The molecule has 0 saturated carbocycles. The Morgan fingerprint density at radius 3 is 2.19 bits per heavy atom. The van der Waals surface area contributed by atoms with Crippen LogP contribution < -0.4 is 20.9 Å². The van der Waals surface area contributed by atoms with Gasteiger partial charge >= 0.3 is 0 Å². The Morgan fingerprint density at radius 2 is 1.64 bits per heavy atom. The Hall–Kier alpha value is -3.73. The zero-order chi connectivity index (χ0) is 25.7. The van der Waals surface area contributed by atoms with Crippen LogP contribution >= 0.6 is 0 Å². The standard InChI is InChI=1S/C25H34N8O3/c1-17(34)24(36)32-14-12-31(13-15-32)19-8-6-18(7-9-19)28-23-21(22(27)35)20(16-26)29-25(30-23)33-10-4-2-3-5-11-33/h6-9,16-17,26,34H,2-5,10-15H2,1H3,(H2,27,35)(H,28,29,30). The number of hydrogen-bond acceptors (Lipinski definition) is 9. The molecule has 2 fully saturated rings. The highest BCUT2D eigenvalue weighted by atomic mass is 16.3. The van der Waals surface area contributed by atoms with E-state index >= 15 is 0 Å². The van der Waals surface area contributed by atoms with Crippen LogP contribution in [0.4, 0.5) is 23.1 Å². The minimum absolute atomic E-state index is 0.0894. The van der Waals surface area contributed by atoms with Crippen molar-refractivity contribution in [2.45, 2.75) is 38.7 Å². The van der Waals surface area contributed by atoms with Gasteiger partial charge in [-0.2, -0.15) is 4.98 Å². The molecule has 4 rings (SSSR count). The summed E-state index contributed by atoms with van der Waals surface area (Å²) in [6, 6.07) is 7.72. The van der Waals surface area contributed by atoms with E-state index in [9.17, 15) is 14.7 Å². The number of aromatic nitrogens is 2. The maximum atomic E-state index is 12.2. The molecule has 1 unspecified atom stereocenters. The van der Waals surface area contributed by atoms with Gasteiger partial charge in [-0.15, -0.1) is 0 Å². The molecule has 1 aromatic carbocycles. The van der Waals surface area contributed by atoms with Crippen molar-refractivity contribution < 1.29 is 14.7 Å². The number of carbonyl (C=O) groups excluding carboxylic acids is 2. The van der Waals surface area contributed by atoms with Gasteiger partial charge in [-0.1, -0.05) is 12.8 Å². The number of aliphatic hydroxyl groups is 1. The van der Waals surface area contributed by atoms with Crippen LogP contribution in [0.25, 0.3) is 0 Å². The number of hydrogen-bond donors (Lipinski definition) is 4. The lowest BCUT2D eigenvalue weighted by atomic mass is 10.2. The highest BCUT2D eigenvalue weighted by Gasteiger charge is 2.24. The fraction of sp³-hybridized carbons (Fsp3) is 0.480. The molecule has 0 radical (unpaired) electrons. The van der Waals surface area contributed by atoms with Crippen molar-refractivity contribution in [2.75, 3.05) is 54.4 Å². The lowest BCUT2D eigenvalue weighted by Crippen LogP contribution is -2.51. The number of nitrogens with zero attached hydrogens (tertiary/aromatic N) is 5. The predicted molar refractivity (Wildman–Crippen MR) is 139 cm³/mol. The van der Waals surface area contributed by atoms with Gasteiger partial charge in [0.15, 0.2) is 0 Å². The van der Waals surface area contributed by atoms with E-state index in [-0.39, 0.29) is 23.0 Å². The van der Waals surface area contributed by atoms with E-state index in [1.807, 2.05) is 24.3 Å². The minimum atomic E-state index is -0.984.